The van der Waals surface area contributed by atoms with E-state index in [-0.39, 0.29) is 12.5 Å². The molecule has 1 fully saturated rings. The molecule has 2 rings (SSSR count). The van der Waals surface area contributed by atoms with Gasteiger partial charge in [-0.3, -0.25) is 4.79 Å². The number of nitrogens with two attached hydrogens (primary N) is 1. The summed E-state index contributed by atoms with van der Waals surface area (Å²) in [7, 11) is 0. The number of hydrogen-bond donors (Lipinski definition) is 2. The van der Waals surface area contributed by atoms with Gasteiger partial charge < -0.3 is 15.7 Å². The first-order valence-corrected chi connectivity index (χ1v) is 7.84. The van der Waals surface area contributed by atoms with E-state index < -0.39 is 0 Å². The molecular formula is C16H25N3O2. The number of carbonyl (C=O) groups is 1. The van der Waals surface area contributed by atoms with Gasteiger partial charge in [0, 0.05) is 30.5 Å². The monoisotopic (exact) mass is 291 g/mol. The van der Waals surface area contributed by atoms with Crippen LogP contribution in [0.1, 0.15) is 55.1 Å². The molecular weight excluding hydrogens is 266 g/mol. The highest BCUT2D eigenvalue weighted by atomic mass is 16.3. The summed E-state index contributed by atoms with van der Waals surface area (Å²) in [6, 6.07) is 3.83. The number of amides is 1. The van der Waals surface area contributed by atoms with Crippen LogP contribution < -0.4 is 5.73 Å². The summed E-state index contributed by atoms with van der Waals surface area (Å²) < 4.78 is 0. The number of aromatic nitrogens is 1. The van der Waals surface area contributed by atoms with Crippen molar-refractivity contribution in [3.63, 3.8) is 0 Å². The van der Waals surface area contributed by atoms with Crippen LogP contribution in [-0.4, -0.2) is 40.1 Å². The molecule has 21 heavy (non-hydrogen) atoms. The number of hydrogen-bond acceptors (Lipinski definition) is 4. The van der Waals surface area contributed by atoms with Crippen molar-refractivity contribution in [2.75, 3.05) is 18.9 Å². The van der Waals surface area contributed by atoms with E-state index in [1.165, 1.54) is 6.42 Å². The molecule has 1 amide bonds. The molecule has 0 atom stereocenters. The van der Waals surface area contributed by atoms with Gasteiger partial charge in [-0.2, -0.15) is 0 Å². The van der Waals surface area contributed by atoms with E-state index in [2.05, 4.69) is 11.9 Å². The predicted molar refractivity (Wildman–Crippen MR) is 83.0 cm³/mol. The number of aryl methyl sites for hydroxylation is 1. The second-order valence-corrected chi connectivity index (χ2v) is 5.68. The zero-order chi connectivity index (χ0) is 15.2. The number of nitrogen functional groups attached to an aromatic ring is 1. The lowest BCUT2D eigenvalue weighted by atomic mass is 9.90. The molecule has 1 aliphatic rings. The minimum absolute atomic E-state index is 0.0135. The quantitative estimate of drug-likeness (QED) is 0.805. The molecule has 0 saturated heterocycles. The van der Waals surface area contributed by atoms with Crippen molar-refractivity contribution in [1.29, 1.82) is 0 Å². The van der Waals surface area contributed by atoms with Gasteiger partial charge in [0.2, 0.25) is 0 Å². The van der Waals surface area contributed by atoms with Gasteiger partial charge in [-0.25, -0.2) is 4.98 Å². The Balaban J connectivity index is 2.18. The lowest BCUT2D eigenvalue weighted by molar-refractivity contribution is 0.0562. The van der Waals surface area contributed by atoms with Gasteiger partial charge in [-0.15, -0.1) is 0 Å². The number of carbonyl (C=O) groups excluding carboxylic acids is 1. The van der Waals surface area contributed by atoms with Crippen molar-refractivity contribution in [3.05, 3.63) is 23.4 Å². The Bertz CT molecular complexity index is 486. The first-order chi connectivity index (χ1) is 10.2. The molecule has 0 unspecified atom stereocenters. The molecule has 0 aromatic carbocycles. The largest absolute Gasteiger partial charge is 0.396 e. The minimum atomic E-state index is 0.0135. The Morgan fingerprint density at radius 1 is 1.48 bits per heavy atom. The Morgan fingerprint density at radius 2 is 2.24 bits per heavy atom. The number of pyridine rings is 1. The third kappa shape index (κ3) is 3.94. The van der Waals surface area contributed by atoms with Crippen LogP contribution in [0.15, 0.2) is 12.1 Å². The first kappa shape index (κ1) is 15.8. The van der Waals surface area contributed by atoms with Crippen molar-refractivity contribution in [2.24, 2.45) is 0 Å². The highest BCUT2D eigenvalue weighted by molar-refractivity contribution is 5.95. The maximum atomic E-state index is 12.8. The van der Waals surface area contributed by atoms with Gasteiger partial charge in [-0.1, -0.05) is 13.3 Å². The third-order valence-electron chi connectivity index (χ3n) is 3.98. The zero-order valence-electron chi connectivity index (χ0n) is 12.7. The molecule has 0 spiro atoms. The number of aliphatic hydroxyl groups is 1. The Hall–Kier alpha value is -1.62. The molecule has 1 aromatic rings. The van der Waals surface area contributed by atoms with Crippen LogP contribution in [0.4, 0.5) is 5.82 Å². The van der Waals surface area contributed by atoms with E-state index in [0.717, 1.165) is 31.4 Å². The molecule has 1 heterocycles. The number of rotatable bonds is 7. The lowest BCUT2D eigenvalue weighted by Gasteiger charge is -2.37. The molecule has 0 radical (unpaired) electrons. The highest BCUT2D eigenvalue weighted by Crippen LogP contribution is 2.26. The number of aliphatic hydroxyl groups excluding tert-OH is 1. The summed E-state index contributed by atoms with van der Waals surface area (Å²) in [5.41, 5.74) is 7.32. The molecule has 1 saturated carbocycles. The van der Waals surface area contributed by atoms with E-state index in [1.54, 1.807) is 6.07 Å². The highest BCUT2D eigenvalue weighted by Gasteiger charge is 2.29. The summed E-state index contributed by atoms with van der Waals surface area (Å²) in [4.78, 5) is 18.9. The van der Waals surface area contributed by atoms with Crippen molar-refractivity contribution in [2.45, 2.75) is 51.5 Å². The van der Waals surface area contributed by atoms with Crippen LogP contribution in [0.2, 0.25) is 0 Å². The lowest BCUT2D eigenvalue weighted by Crippen LogP contribution is -2.45. The molecule has 3 N–H and O–H groups in total. The second kappa shape index (κ2) is 7.41. The van der Waals surface area contributed by atoms with E-state index in [9.17, 15) is 4.79 Å². The zero-order valence-corrected chi connectivity index (χ0v) is 12.7. The Morgan fingerprint density at radius 3 is 2.81 bits per heavy atom. The maximum Gasteiger partial charge on any atom is 0.254 e. The molecule has 116 valence electrons. The van der Waals surface area contributed by atoms with Gasteiger partial charge >= 0.3 is 0 Å². The molecule has 5 heteroatoms. The van der Waals surface area contributed by atoms with Gasteiger partial charge in [0.25, 0.3) is 5.91 Å². The van der Waals surface area contributed by atoms with E-state index in [1.807, 2.05) is 11.0 Å². The summed E-state index contributed by atoms with van der Waals surface area (Å²) in [6.07, 6.45) is 5.70. The standard InChI is InChI=1S/C16H25N3O2/c1-2-5-13-10-12(11-15(17)18-13)16(21)19(8-4-9-20)14-6-3-7-14/h10-11,14,20H,2-9H2,1H3,(H2,17,18). The molecule has 5 nitrogen and oxygen atoms in total. The van der Waals surface area contributed by atoms with E-state index >= 15 is 0 Å². The van der Waals surface area contributed by atoms with Crippen LogP contribution in [0.5, 0.6) is 0 Å². The van der Waals surface area contributed by atoms with Crippen molar-refractivity contribution in [1.82, 2.24) is 9.88 Å². The van der Waals surface area contributed by atoms with Crippen molar-refractivity contribution in [3.8, 4) is 0 Å². The molecule has 1 aliphatic carbocycles. The topological polar surface area (TPSA) is 79.5 Å². The van der Waals surface area contributed by atoms with Crippen LogP contribution in [0.3, 0.4) is 0 Å². The smallest absolute Gasteiger partial charge is 0.254 e. The van der Waals surface area contributed by atoms with E-state index in [0.29, 0.717) is 30.4 Å². The van der Waals surface area contributed by atoms with Crippen LogP contribution in [0, 0.1) is 0 Å². The molecule has 0 bridgehead atoms. The van der Waals surface area contributed by atoms with Gasteiger partial charge in [0.05, 0.1) is 0 Å². The average molecular weight is 291 g/mol. The van der Waals surface area contributed by atoms with Gasteiger partial charge in [0.1, 0.15) is 5.82 Å². The fourth-order valence-electron chi connectivity index (χ4n) is 2.67. The van der Waals surface area contributed by atoms with Crippen LogP contribution in [0.25, 0.3) is 0 Å². The van der Waals surface area contributed by atoms with Crippen LogP contribution in [-0.2, 0) is 6.42 Å². The van der Waals surface area contributed by atoms with Gasteiger partial charge in [0.15, 0.2) is 0 Å². The Kier molecular flexibility index (Phi) is 5.56. The molecule has 0 aliphatic heterocycles. The minimum Gasteiger partial charge on any atom is -0.396 e. The SMILES string of the molecule is CCCc1cc(C(=O)N(CCCO)C2CCC2)cc(N)n1. The fraction of sp³-hybridized carbons (Fsp3) is 0.625. The number of nitrogens with zero attached hydrogens (tertiary/aromatic N) is 2. The Labute approximate surface area is 126 Å². The second-order valence-electron chi connectivity index (χ2n) is 5.68. The summed E-state index contributed by atoms with van der Waals surface area (Å²) in [5, 5.41) is 9.03. The normalized spacial score (nSPS) is 14.8. The number of anilines is 1. The predicted octanol–water partition coefficient (Wildman–Crippen LogP) is 1.99. The third-order valence-corrected chi connectivity index (χ3v) is 3.98. The van der Waals surface area contributed by atoms with E-state index in [4.69, 9.17) is 10.8 Å². The summed E-state index contributed by atoms with van der Waals surface area (Å²) >= 11 is 0. The summed E-state index contributed by atoms with van der Waals surface area (Å²) in [6.45, 7) is 2.79. The average Bonchev–Trinajstić information content (AvgIpc) is 2.40. The van der Waals surface area contributed by atoms with Crippen molar-refractivity contribution < 1.29 is 9.90 Å². The van der Waals surface area contributed by atoms with Crippen molar-refractivity contribution >= 4 is 11.7 Å². The maximum absolute atomic E-state index is 12.8. The van der Waals surface area contributed by atoms with Gasteiger partial charge in [-0.05, 0) is 44.2 Å². The van der Waals surface area contributed by atoms with Crippen LogP contribution >= 0.6 is 0 Å². The summed E-state index contributed by atoms with van der Waals surface area (Å²) in [5.74, 6) is 0.416. The molecule has 1 aromatic heterocycles. The fourth-order valence-corrected chi connectivity index (χ4v) is 2.67. The first-order valence-electron chi connectivity index (χ1n) is 7.84.